The van der Waals surface area contributed by atoms with Crippen LogP contribution in [0.2, 0.25) is 0 Å². The topological polar surface area (TPSA) is 51.1 Å². The summed E-state index contributed by atoms with van der Waals surface area (Å²) in [7, 11) is 0. The summed E-state index contributed by atoms with van der Waals surface area (Å²) in [6, 6.07) is 7.41. The van der Waals surface area contributed by atoms with Gasteiger partial charge in [-0.2, -0.15) is 0 Å². The second kappa shape index (κ2) is 6.33. The molecule has 4 bridgehead atoms. The Morgan fingerprint density at radius 1 is 1.14 bits per heavy atom. The van der Waals surface area contributed by atoms with Gasteiger partial charge in [-0.1, -0.05) is 19.6 Å². The zero-order valence-electron chi connectivity index (χ0n) is 16.5. The summed E-state index contributed by atoms with van der Waals surface area (Å²) in [5.41, 5.74) is 0.795. The summed E-state index contributed by atoms with van der Waals surface area (Å²) in [6.45, 7) is 5.80. The highest BCUT2D eigenvalue weighted by atomic mass is 16.2. The molecule has 0 saturated heterocycles. The molecule has 4 aliphatic carbocycles. The Labute approximate surface area is 165 Å². The quantitative estimate of drug-likeness (QED) is 0.826. The maximum absolute atomic E-state index is 13.3. The minimum Gasteiger partial charge on any atom is -0.325 e. The Morgan fingerprint density at radius 3 is 2.39 bits per heavy atom. The van der Waals surface area contributed by atoms with Gasteiger partial charge in [0.1, 0.15) is 0 Å². The Hall–Kier alpha value is -2.36. The second-order valence-electron chi connectivity index (χ2n) is 9.47. The van der Waals surface area contributed by atoms with Gasteiger partial charge in [0.2, 0.25) is 5.91 Å². The lowest BCUT2D eigenvalue weighted by Crippen LogP contribution is -2.51. The second-order valence-corrected chi connectivity index (χ2v) is 9.47. The van der Waals surface area contributed by atoms with Crippen molar-refractivity contribution < 1.29 is 4.79 Å². The molecule has 2 aromatic rings. The van der Waals surface area contributed by atoms with Crippen LogP contribution in [-0.4, -0.2) is 10.5 Å². The molecule has 0 spiro atoms. The van der Waals surface area contributed by atoms with Crippen molar-refractivity contribution in [2.24, 2.45) is 29.1 Å². The van der Waals surface area contributed by atoms with Crippen molar-refractivity contribution >= 4 is 28.6 Å². The first kappa shape index (κ1) is 17.7. The van der Waals surface area contributed by atoms with Crippen LogP contribution in [0.15, 0.2) is 41.8 Å². The lowest BCUT2D eigenvalue weighted by Gasteiger charge is -2.58. The first-order chi connectivity index (χ1) is 13.5. The Bertz CT molecular complexity index is 984. The van der Waals surface area contributed by atoms with Gasteiger partial charge in [-0.3, -0.25) is 14.2 Å². The SMILES string of the molecule is C=Cn1ccc2c(NC(=O)C(C)C34CC5CC(CC(C5)C3)C4)cccc2c1=O. The molecule has 6 rings (SSSR count). The summed E-state index contributed by atoms with van der Waals surface area (Å²) in [5.74, 6) is 2.59. The maximum atomic E-state index is 13.3. The molecule has 1 atom stereocenters. The number of pyridine rings is 1. The van der Waals surface area contributed by atoms with Crippen molar-refractivity contribution in [3.8, 4) is 0 Å². The zero-order valence-corrected chi connectivity index (χ0v) is 16.5. The highest BCUT2D eigenvalue weighted by Crippen LogP contribution is 2.62. The third-order valence-corrected chi connectivity index (χ3v) is 7.82. The van der Waals surface area contributed by atoms with Crippen LogP contribution >= 0.6 is 0 Å². The first-order valence-corrected chi connectivity index (χ1v) is 10.6. The number of amides is 1. The van der Waals surface area contributed by atoms with E-state index >= 15 is 0 Å². The Balaban J connectivity index is 1.44. The molecule has 4 fully saturated rings. The van der Waals surface area contributed by atoms with Crippen molar-refractivity contribution in [1.29, 1.82) is 0 Å². The molecule has 146 valence electrons. The summed E-state index contributed by atoms with van der Waals surface area (Å²) in [4.78, 5) is 25.8. The van der Waals surface area contributed by atoms with Gasteiger partial charge in [0, 0.05) is 34.8 Å². The van der Waals surface area contributed by atoms with Crippen LogP contribution in [0.3, 0.4) is 0 Å². The van der Waals surface area contributed by atoms with Crippen molar-refractivity contribution in [2.45, 2.75) is 45.4 Å². The average Bonchev–Trinajstić information content (AvgIpc) is 2.67. The molecule has 1 amide bonds. The fourth-order valence-electron chi connectivity index (χ4n) is 6.77. The minimum atomic E-state index is -0.113. The standard InChI is InChI=1S/C24H28N2O2/c1-3-26-8-7-19-20(23(26)28)5-4-6-21(19)25-22(27)15(2)24-12-16-9-17(13-24)11-18(10-16)14-24/h3-8,15-18H,1,9-14H2,2H3,(H,25,27). The fourth-order valence-corrected chi connectivity index (χ4v) is 6.77. The zero-order chi connectivity index (χ0) is 19.5. The van der Waals surface area contributed by atoms with Crippen LogP contribution in [-0.2, 0) is 4.79 Å². The molecule has 4 nitrogen and oxygen atoms in total. The number of benzene rings is 1. The van der Waals surface area contributed by atoms with E-state index in [4.69, 9.17) is 0 Å². The largest absolute Gasteiger partial charge is 0.325 e. The van der Waals surface area contributed by atoms with Crippen molar-refractivity contribution in [3.05, 3.63) is 47.4 Å². The molecule has 1 aromatic carbocycles. The van der Waals surface area contributed by atoms with Gasteiger partial charge >= 0.3 is 0 Å². The van der Waals surface area contributed by atoms with Crippen molar-refractivity contribution in [1.82, 2.24) is 4.57 Å². The van der Waals surface area contributed by atoms with Crippen LogP contribution < -0.4 is 10.9 Å². The average molecular weight is 377 g/mol. The van der Waals surface area contributed by atoms with Gasteiger partial charge in [-0.25, -0.2) is 0 Å². The number of fused-ring (bicyclic) bond motifs is 1. The summed E-state index contributed by atoms with van der Waals surface area (Å²) < 4.78 is 1.46. The number of aromatic nitrogens is 1. The monoisotopic (exact) mass is 376 g/mol. The smallest absolute Gasteiger partial charge is 0.262 e. The van der Waals surface area contributed by atoms with E-state index in [-0.39, 0.29) is 22.8 Å². The third kappa shape index (κ3) is 2.65. The highest BCUT2D eigenvalue weighted by molar-refractivity contribution is 6.02. The molecule has 0 aliphatic heterocycles. The van der Waals surface area contributed by atoms with Crippen LogP contribution in [0, 0.1) is 29.1 Å². The molecule has 0 radical (unpaired) electrons. The summed E-state index contributed by atoms with van der Waals surface area (Å²) in [5, 5.41) is 4.55. The van der Waals surface area contributed by atoms with Gasteiger partial charge in [0.05, 0.1) is 0 Å². The predicted octanol–water partition coefficient (Wildman–Crippen LogP) is 4.89. The molecule has 1 heterocycles. The predicted molar refractivity (Wildman–Crippen MR) is 113 cm³/mol. The minimum absolute atomic E-state index is 0.00435. The maximum Gasteiger partial charge on any atom is 0.262 e. The molecular weight excluding hydrogens is 348 g/mol. The molecule has 1 unspecified atom stereocenters. The van der Waals surface area contributed by atoms with Crippen LogP contribution in [0.25, 0.3) is 17.0 Å². The van der Waals surface area contributed by atoms with E-state index in [1.165, 1.54) is 49.3 Å². The summed E-state index contributed by atoms with van der Waals surface area (Å²) >= 11 is 0. The first-order valence-electron chi connectivity index (χ1n) is 10.6. The molecule has 4 heteroatoms. The lowest BCUT2D eigenvalue weighted by atomic mass is 9.46. The Kier molecular flexibility index (Phi) is 4.01. The number of nitrogens with zero attached hydrogens (tertiary/aromatic N) is 1. The Morgan fingerprint density at radius 2 is 1.79 bits per heavy atom. The number of rotatable bonds is 4. The van der Waals surface area contributed by atoms with Crippen LogP contribution in [0.1, 0.15) is 45.4 Å². The number of carbonyl (C=O) groups is 1. The molecule has 28 heavy (non-hydrogen) atoms. The van der Waals surface area contributed by atoms with E-state index in [1.807, 2.05) is 18.2 Å². The van der Waals surface area contributed by atoms with Crippen molar-refractivity contribution in [2.75, 3.05) is 5.32 Å². The van der Waals surface area contributed by atoms with E-state index in [0.717, 1.165) is 28.8 Å². The van der Waals surface area contributed by atoms with E-state index in [9.17, 15) is 9.59 Å². The number of hydrogen-bond donors (Lipinski definition) is 1. The van der Waals surface area contributed by atoms with E-state index in [1.54, 1.807) is 12.3 Å². The molecule has 1 N–H and O–H groups in total. The van der Waals surface area contributed by atoms with Crippen LogP contribution in [0.5, 0.6) is 0 Å². The number of hydrogen-bond acceptors (Lipinski definition) is 2. The van der Waals surface area contributed by atoms with E-state index in [2.05, 4.69) is 18.8 Å². The van der Waals surface area contributed by atoms with Gasteiger partial charge < -0.3 is 5.32 Å². The van der Waals surface area contributed by atoms with Crippen LogP contribution in [0.4, 0.5) is 5.69 Å². The van der Waals surface area contributed by atoms with E-state index in [0.29, 0.717) is 5.39 Å². The molecule has 4 aliphatic rings. The van der Waals surface area contributed by atoms with E-state index < -0.39 is 0 Å². The number of carbonyl (C=O) groups excluding carboxylic acids is 1. The third-order valence-electron chi connectivity index (χ3n) is 7.82. The molecule has 1 aromatic heterocycles. The lowest BCUT2D eigenvalue weighted by molar-refractivity contribution is -0.134. The highest BCUT2D eigenvalue weighted by Gasteiger charge is 2.54. The number of nitrogens with one attached hydrogen (secondary N) is 1. The summed E-state index contributed by atoms with van der Waals surface area (Å²) in [6.07, 6.45) is 11.0. The molecule has 4 saturated carbocycles. The molecular formula is C24H28N2O2. The van der Waals surface area contributed by atoms with Gasteiger partial charge in [-0.15, -0.1) is 0 Å². The van der Waals surface area contributed by atoms with Gasteiger partial charge in [-0.05, 0) is 79.9 Å². The number of anilines is 1. The fraction of sp³-hybridized carbons (Fsp3) is 0.500. The van der Waals surface area contributed by atoms with Crippen molar-refractivity contribution in [3.63, 3.8) is 0 Å². The normalized spacial score (nSPS) is 31.7. The van der Waals surface area contributed by atoms with Gasteiger partial charge in [0.25, 0.3) is 5.56 Å². The van der Waals surface area contributed by atoms with Gasteiger partial charge in [0.15, 0.2) is 0 Å².